The lowest BCUT2D eigenvalue weighted by Crippen LogP contribution is -2.57. The van der Waals surface area contributed by atoms with E-state index in [1.54, 1.807) is 0 Å². The number of carbonyl (C=O) groups excluding carboxylic acids is 1. The van der Waals surface area contributed by atoms with Crippen LogP contribution in [0.3, 0.4) is 0 Å². The molecule has 0 radical (unpaired) electrons. The van der Waals surface area contributed by atoms with Gasteiger partial charge in [0, 0.05) is 13.5 Å². The number of carboxylic acid groups (broad SMARTS) is 1. The Labute approximate surface area is 90.0 Å². The highest BCUT2D eigenvalue weighted by molar-refractivity contribution is 5.77. The number of halogens is 3. The Morgan fingerprint density at radius 1 is 1.38 bits per heavy atom. The second kappa shape index (κ2) is 4.31. The summed E-state index contributed by atoms with van der Waals surface area (Å²) in [6.45, 7) is 0.978. The van der Waals surface area contributed by atoms with Crippen LogP contribution in [0.2, 0.25) is 0 Å². The molecule has 16 heavy (non-hydrogen) atoms. The molecule has 0 bridgehead atoms. The van der Waals surface area contributed by atoms with Crippen LogP contribution in [-0.4, -0.2) is 40.6 Å². The lowest BCUT2D eigenvalue weighted by molar-refractivity contribution is -0.211. The van der Waals surface area contributed by atoms with Crippen molar-refractivity contribution in [2.45, 2.75) is 32.0 Å². The summed E-state index contributed by atoms with van der Waals surface area (Å²) in [4.78, 5) is 22.4. The minimum Gasteiger partial charge on any atom is -0.481 e. The number of hydrogen-bond donors (Lipinski definition) is 1. The normalized spacial score (nSPS) is 26.6. The van der Waals surface area contributed by atoms with E-state index in [1.165, 1.54) is 0 Å². The van der Waals surface area contributed by atoms with Crippen LogP contribution in [-0.2, 0) is 9.59 Å². The highest BCUT2D eigenvalue weighted by atomic mass is 19.4. The number of rotatable bonds is 1. The van der Waals surface area contributed by atoms with Gasteiger partial charge in [-0.3, -0.25) is 9.59 Å². The summed E-state index contributed by atoms with van der Waals surface area (Å²) in [5.74, 6) is -3.81. The van der Waals surface area contributed by atoms with Crippen molar-refractivity contribution in [3.63, 3.8) is 0 Å². The molecule has 1 fully saturated rings. The summed E-state index contributed by atoms with van der Waals surface area (Å²) in [6.07, 6.45) is -4.47. The Balaban J connectivity index is 3.03. The Bertz CT molecular complexity index is 281. The van der Waals surface area contributed by atoms with Crippen LogP contribution < -0.4 is 0 Å². The first-order chi connectivity index (χ1) is 7.25. The van der Waals surface area contributed by atoms with E-state index in [0.29, 0.717) is 4.90 Å². The third-order valence-corrected chi connectivity index (χ3v) is 2.69. The molecule has 0 aromatic carbocycles. The number of alkyl halides is 3. The van der Waals surface area contributed by atoms with Gasteiger partial charge in [0.15, 0.2) is 0 Å². The number of carbonyl (C=O) groups is 2. The molecule has 2 unspecified atom stereocenters. The molecule has 2 atom stereocenters. The van der Waals surface area contributed by atoms with Gasteiger partial charge in [0.05, 0.1) is 5.92 Å². The molecule has 0 saturated carbocycles. The predicted octanol–water partition coefficient (Wildman–Crippen LogP) is 1.26. The fourth-order valence-electron chi connectivity index (χ4n) is 2.01. The number of hydrogen-bond acceptors (Lipinski definition) is 2. The topological polar surface area (TPSA) is 57.6 Å². The number of nitrogens with zero attached hydrogens (tertiary/aromatic N) is 1. The van der Waals surface area contributed by atoms with E-state index in [1.807, 2.05) is 0 Å². The van der Waals surface area contributed by atoms with E-state index in [9.17, 15) is 22.8 Å². The van der Waals surface area contributed by atoms with E-state index in [2.05, 4.69) is 0 Å². The summed E-state index contributed by atoms with van der Waals surface area (Å²) >= 11 is 0. The molecule has 0 aromatic rings. The van der Waals surface area contributed by atoms with Crippen LogP contribution >= 0.6 is 0 Å². The summed E-state index contributed by atoms with van der Waals surface area (Å²) in [7, 11) is 0. The van der Waals surface area contributed by atoms with Crippen LogP contribution in [0.4, 0.5) is 13.2 Å². The minimum atomic E-state index is -4.70. The van der Waals surface area contributed by atoms with Crippen molar-refractivity contribution in [1.29, 1.82) is 0 Å². The third-order valence-electron chi connectivity index (χ3n) is 2.69. The average molecular weight is 239 g/mol. The molecule has 0 spiro atoms. The van der Waals surface area contributed by atoms with Crippen LogP contribution in [0.1, 0.15) is 19.8 Å². The highest BCUT2D eigenvalue weighted by Crippen LogP contribution is 2.35. The molecule has 1 heterocycles. The van der Waals surface area contributed by atoms with E-state index < -0.39 is 30.0 Å². The smallest absolute Gasteiger partial charge is 0.409 e. The van der Waals surface area contributed by atoms with Crippen LogP contribution in [0, 0.1) is 5.92 Å². The Morgan fingerprint density at radius 3 is 2.31 bits per heavy atom. The second-order valence-corrected chi connectivity index (χ2v) is 3.79. The van der Waals surface area contributed by atoms with Gasteiger partial charge < -0.3 is 10.0 Å². The van der Waals surface area contributed by atoms with Crippen molar-refractivity contribution in [3.05, 3.63) is 0 Å². The van der Waals surface area contributed by atoms with Gasteiger partial charge in [-0.1, -0.05) is 0 Å². The van der Waals surface area contributed by atoms with Gasteiger partial charge in [-0.25, -0.2) is 0 Å². The molecule has 0 aliphatic carbocycles. The van der Waals surface area contributed by atoms with E-state index in [4.69, 9.17) is 5.11 Å². The first-order valence-corrected chi connectivity index (χ1v) is 4.82. The second-order valence-electron chi connectivity index (χ2n) is 3.79. The third kappa shape index (κ3) is 2.45. The van der Waals surface area contributed by atoms with Crippen molar-refractivity contribution in [2.24, 2.45) is 5.92 Å². The van der Waals surface area contributed by atoms with Gasteiger partial charge in [0.1, 0.15) is 6.04 Å². The highest BCUT2D eigenvalue weighted by Gasteiger charge is 2.53. The molecular formula is C9H12F3NO3. The van der Waals surface area contributed by atoms with Gasteiger partial charge in [-0.15, -0.1) is 0 Å². The predicted molar refractivity (Wildman–Crippen MR) is 47.6 cm³/mol. The molecule has 0 aromatic heterocycles. The fourth-order valence-corrected chi connectivity index (χ4v) is 2.01. The molecular weight excluding hydrogens is 227 g/mol. The Hall–Kier alpha value is -1.27. The summed E-state index contributed by atoms with van der Waals surface area (Å²) in [5.41, 5.74) is 0. The first kappa shape index (κ1) is 12.8. The average Bonchev–Trinajstić information content (AvgIpc) is 2.15. The zero-order valence-electron chi connectivity index (χ0n) is 8.62. The van der Waals surface area contributed by atoms with Crippen molar-refractivity contribution >= 4 is 11.9 Å². The number of carboxylic acids is 1. The largest absolute Gasteiger partial charge is 0.481 e. The maximum Gasteiger partial charge on any atom is 0.409 e. The van der Waals surface area contributed by atoms with Crippen molar-refractivity contribution < 1.29 is 27.9 Å². The monoisotopic (exact) mass is 239 g/mol. The van der Waals surface area contributed by atoms with Gasteiger partial charge in [-0.2, -0.15) is 13.2 Å². The zero-order valence-corrected chi connectivity index (χ0v) is 8.62. The molecule has 1 N–H and O–H groups in total. The number of amides is 1. The molecule has 4 nitrogen and oxygen atoms in total. The number of piperidine rings is 1. The number of aliphatic carboxylic acids is 1. The SMILES string of the molecule is CC(=O)N1CCCC(C(=O)O)C1C(F)(F)F. The molecule has 1 saturated heterocycles. The lowest BCUT2D eigenvalue weighted by Gasteiger charge is -2.39. The lowest BCUT2D eigenvalue weighted by atomic mass is 9.88. The molecule has 1 amide bonds. The quantitative estimate of drug-likeness (QED) is 0.749. The zero-order chi connectivity index (χ0) is 12.5. The minimum absolute atomic E-state index is 0.0384. The van der Waals surface area contributed by atoms with Crippen molar-refractivity contribution in [2.75, 3.05) is 6.54 Å². The maximum absolute atomic E-state index is 12.7. The molecule has 1 aliphatic heterocycles. The molecule has 1 aliphatic rings. The van der Waals surface area contributed by atoms with E-state index >= 15 is 0 Å². The Morgan fingerprint density at radius 2 is 1.94 bits per heavy atom. The van der Waals surface area contributed by atoms with Gasteiger partial charge in [0.25, 0.3) is 0 Å². The van der Waals surface area contributed by atoms with Crippen molar-refractivity contribution in [3.8, 4) is 0 Å². The van der Waals surface area contributed by atoms with Gasteiger partial charge in [-0.05, 0) is 12.8 Å². The van der Waals surface area contributed by atoms with Crippen LogP contribution in [0.15, 0.2) is 0 Å². The first-order valence-electron chi connectivity index (χ1n) is 4.82. The van der Waals surface area contributed by atoms with Crippen LogP contribution in [0.25, 0.3) is 0 Å². The summed E-state index contributed by atoms with van der Waals surface area (Å²) in [5, 5.41) is 8.73. The van der Waals surface area contributed by atoms with Gasteiger partial charge >= 0.3 is 12.1 Å². The molecule has 1 rings (SSSR count). The summed E-state index contributed by atoms with van der Waals surface area (Å²) in [6, 6.07) is -2.20. The van der Waals surface area contributed by atoms with Crippen molar-refractivity contribution in [1.82, 2.24) is 4.90 Å². The van der Waals surface area contributed by atoms with Crippen LogP contribution in [0.5, 0.6) is 0 Å². The van der Waals surface area contributed by atoms with E-state index in [0.717, 1.165) is 6.92 Å². The molecule has 92 valence electrons. The molecule has 7 heteroatoms. The maximum atomic E-state index is 12.7. The standard InChI is InChI=1S/C9H12F3NO3/c1-5(14)13-4-2-3-6(8(15)16)7(13)9(10,11)12/h6-7H,2-4H2,1H3,(H,15,16). The summed E-state index contributed by atoms with van der Waals surface area (Å²) < 4.78 is 38.1. The Kier molecular flexibility index (Phi) is 3.44. The van der Waals surface area contributed by atoms with Gasteiger partial charge in [0.2, 0.25) is 5.91 Å². The van der Waals surface area contributed by atoms with E-state index in [-0.39, 0.29) is 19.4 Å². The number of likely N-dealkylation sites (tertiary alicyclic amines) is 1. The fraction of sp³-hybridized carbons (Fsp3) is 0.778.